The molecule has 8 rings (SSSR count). The summed E-state index contributed by atoms with van der Waals surface area (Å²) in [6.45, 7) is 0.979. The van der Waals surface area contributed by atoms with Crippen molar-refractivity contribution in [2.24, 2.45) is 11.7 Å². The van der Waals surface area contributed by atoms with Gasteiger partial charge in [-0.2, -0.15) is 5.10 Å². The number of aromatic nitrogens is 6. The number of hydrogen-bond acceptors (Lipinski definition) is 10. The Morgan fingerprint density at radius 1 is 1.04 bits per heavy atom. The molecule has 5 aromatic rings. The monoisotopic (exact) mass is 666 g/mol. The highest BCUT2D eigenvalue weighted by molar-refractivity contribution is 6.09. The van der Waals surface area contributed by atoms with Crippen LogP contribution in [0.4, 0.5) is 14.5 Å². The summed E-state index contributed by atoms with van der Waals surface area (Å²) in [5.74, 6) is -2.53. The molecule has 5 heterocycles. The molecule has 0 radical (unpaired) electrons. The van der Waals surface area contributed by atoms with Gasteiger partial charge in [-0.3, -0.25) is 24.3 Å². The van der Waals surface area contributed by atoms with E-state index in [0.717, 1.165) is 32.2 Å². The summed E-state index contributed by atoms with van der Waals surface area (Å²) in [6.07, 6.45) is 7.10. The van der Waals surface area contributed by atoms with E-state index in [1.165, 1.54) is 17.2 Å². The van der Waals surface area contributed by atoms with E-state index < -0.39 is 41.2 Å². The van der Waals surface area contributed by atoms with E-state index in [4.69, 9.17) is 25.3 Å². The Kier molecular flexibility index (Phi) is 7.08. The number of nitrogens with zero attached hydrogens (tertiary/aromatic N) is 7. The molecule has 1 aromatic carbocycles. The van der Waals surface area contributed by atoms with Crippen LogP contribution in [0.1, 0.15) is 60.2 Å². The van der Waals surface area contributed by atoms with Crippen molar-refractivity contribution in [3.63, 3.8) is 0 Å². The quantitative estimate of drug-likeness (QED) is 0.227. The molecular formula is C34H28F2N8O5. The van der Waals surface area contributed by atoms with E-state index in [0.29, 0.717) is 64.4 Å². The molecule has 2 amide bonds. The molecule has 0 saturated heterocycles. The Morgan fingerprint density at radius 2 is 1.80 bits per heavy atom. The zero-order chi connectivity index (χ0) is 34.0. The van der Waals surface area contributed by atoms with Gasteiger partial charge in [0, 0.05) is 17.9 Å². The van der Waals surface area contributed by atoms with Gasteiger partial charge in [0.2, 0.25) is 0 Å². The highest BCUT2D eigenvalue weighted by Crippen LogP contribution is 2.50. The Morgan fingerprint density at radius 3 is 2.45 bits per heavy atom. The average molecular weight is 667 g/mol. The first-order valence-electron chi connectivity index (χ1n) is 15.7. The summed E-state index contributed by atoms with van der Waals surface area (Å²) in [7, 11) is 0. The number of rotatable bonds is 9. The number of halogens is 2. The number of esters is 1. The van der Waals surface area contributed by atoms with Crippen molar-refractivity contribution in [1.29, 1.82) is 0 Å². The number of benzene rings is 1. The number of nitrogens with two attached hydrogens (primary N) is 1. The number of fused-ring (bicyclic) bond motifs is 2. The largest absolute Gasteiger partial charge is 0.444 e. The van der Waals surface area contributed by atoms with Crippen molar-refractivity contribution in [3.8, 4) is 16.9 Å². The van der Waals surface area contributed by atoms with Gasteiger partial charge in [-0.25, -0.2) is 28.4 Å². The van der Waals surface area contributed by atoms with Crippen LogP contribution in [0.3, 0.4) is 0 Å². The smallest absolute Gasteiger partial charge is 0.324 e. The second kappa shape index (κ2) is 11.4. The number of anilines is 1. The first kappa shape index (κ1) is 30.5. The maximum Gasteiger partial charge on any atom is 0.324 e. The van der Waals surface area contributed by atoms with Crippen molar-refractivity contribution in [1.82, 2.24) is 29.7 Å². The maximum absolute atomic E-state index is 13.8. The van der Waals surface area contributed by atoms with Crippen LogP contribution in [0.15, 0.2) is 55.1 Å². The lowest BCUT2D eigenvalue weighted by molar-refractivity contribution is -0.170. The van der Waals surface area contributed by atoms with Crippen LogP contribution < -0.4 is 15.4 Å². The molecule has 2 aliphatic carbocycles. The lowest BCUT2D eigenvalue weighted by atomic mass is 9.93. The molecule has 1 unspecified atom stereocenters. The second-order valence-corrected chi connectivity index (χ2v) is 12.5. The van der Waals surface area contributed by atoms with Crippen LogP contribution in [-0.4, -0.2) is 53.8 Å². The van der Waals surface area contributed by atoms with Crippen molar-refractivity contribution in [2.45, 2.75) is 57.4 Å². The number of primary amides is 1. The van der Waals surface area contributed by atoms with Gasteiger partial charge in [0.1, 0.15) is 22.9 Å². The number of amides is 2. The Labute approximate surface area is 277 Å². The zero-order valence-corrected chi connectivity index (χ0v) is 26.1. The molecule has 0 bridgehead atoms. The molecule has 0 spiro atoms. The van der Waals surface area contributed by atoms with E-state index in [1.807, 2.05) is 0 Å². The first-order chi connectivity index (χ1) is 23.6. The molecule has 4 aromatic heterocycles. The Bertz CT molecular complexity index is 2160. The van der Waals surface area contributed by atoms with E-state index in [-0.39, 0.29) is 23.7 Å². The highest BCUT2D eigenvalue weighted by atomic mass is 19.1. The van der Waals surface area contributed by atoms with E-state index in [9.17, 15) is 23.2 Å². The summed E-state index contributed by atoms with van der Waals surface area (Å²) in [5.41, 5.74) is 8.66. The van der Waals surface area contributed by atoms with Gasteiger partial charge in [-0.1, -0.05) is 6.07 Å². The molecule has 2 fully saturated rings. The summed E-state index contributed by atoms with van der Waals surface area (Å²) in [4.78, 5) is 57.2. The Hall–Kier alpha value is -5.86. The lowest BCUT2D eigenvalue weighted by Gasteiger charge is -2.33. The minimum absolute atomic E-state index is 0.141. The van der Waals surface area contributed by atoms with E-state index in [2.05, 4.69) is 15.0 Å². The molecule has 2 saturated carbocycles. The molecule has 1 aliphatic heterocycles. The van der Waals surface area contributed by atoms with Crippen LogP contribution in [0.5, 0.6) is 5.75 Å². The van der Waals surface area contributed by atoms with Crippen LogP contribution >= 0.6 is 0 Å². The minimum Gasteiger partial charge on any atom is -0.444 e. The molecule has 49 heavy (non-hydrogen) atoms. The van der Waals surface area contributed by atoms with E-state index >= 15 is 0 Å². The molecular weight excluding hydrogens is 638 g/mol. The van der Waals surface area contributed by atoms with Crippen molar-refractivity contribution in [3.05, 3.63) is 89.5 Å². The maximum atomic E-state index is 13.8. The fourth-order valence-corrected chi connectivity index (χ4v) is 6.41. The molecule has 3 aliphatic rings. The standard InChI is InChI=1S/C34H28F2N8O5/c1-17(45)48-33-32(47)43(16-27-39-13-21(36)14-40-27)24-6-4-19(11-25(24)49-33)28-22-15-41-44(34(8-9-34)26-7-5-20(35)12-38-26)31(22)42-23(10-18-2-3-18)29(28)30(37)46/h4-7,11-15,18,33H,2-3,8-10,16H2,1H3,(H2,37,46). The summed E-state index contributed by atoms with van der Waals surface area (Å²) < 4.78 is 40.2. The molecule has 1 atom stereocenters. The molecule has 2 N–H and O–H groups in total. The van der Waals surface area contributed by atoms with Gasteiger partial charge in [-0.05, 0) is 67.9 Å². The van der Waals surface area contributed by atoms with E-state index in [1.54, 1.807) is 35.1 Å². The predicted octanol–water partition coefficient (Wildman–Crippen LogP) is 3.97. The van der Waals surface area contributed by atoms with Crippen LogP contribution in [-0.2, 0) is 32.8 Å². The van der Waals surface area contributed by atoms with Gasteiger partial charge in [0.05, 0.1) is 54.0 Å². The van der Waals surface area contributed by atoms with Gasteiger partial charge in [0.25, 0.3) is 5.91 Å². The SMILES string of the molecule is CC(=O)OC1Oc2cc(-c3c(C(N)=O)c(CC4CC4)nc4c3cnn4C3(c4ccc(F)cn4)CC3)ccc2N(Cc2ncc(F)cn2)C1=O. The number of carbonyl (C=O) groups is 3. The predicted molar refractivity (Wildman–Crippen MR) is 168 cm³/mol. The highest BCUT2D eigenvalue weighted by Gasteiger charge is 2.50. The second-order valence-electron chi connectivity index (χ2n) is 12.5. The fourth-order valence-electron chi connectivity index (χ4n) is 6.41. The zero-order valence-electron chi connectivity index (χ0n) is 26.1. The first-order valence-corrected chi connectivity index (χ1v) is 15.7. The fraction of sp³-hybridized carbons (Fsp3) is 0.294. The van der Waals surface area contributed by atoms with Crippen LogP contribution in [0, 0.1) is 17.6 Å². The summed E-state index contributed by atoms with van der Waals surface area (Å²) in [5, 5.41) is 5.29. The average Bonchev–Trinajstić information content (AvgIpc) is 4.01. The molecule has 15 heteroatoms. The summed E-state index contributed by atoms with van der Waals surface area (Å²) in [6, 6.07) is 7.98. The van der Waals surface area contributed by atoms with Crippen LogP contribution in [0.25, 0.3) is 22.2 Å². The third kappa shape index (κ3) is 5.40. The van der Waals surface area contributed by atoms with Crippen molar-refractivity contribution < 1.29 is 32.6 Å². The van der Waals surface area contributed by atoms with Crippen LogP contribution in [0.2, 0.25) is 0 Å². The number of ether oxygens (including phenoxy) is 2. The number of pyridine rings is 2. The lowest BCUT2D eigenvalue weighted by Crippen LogP contribution is -2.47. The van der Waals surface area contributed by atoms with Gasteiger partial charge >= 0.3 is 18.2 Å². The third-order valence-electron chi connectivity index (χ3n) is 9.04. The van der Waals surface area contributed by atoms with Gasteiger partial charge in [-0.15, -0.1) is 0 Å². The topological polar surface area (TPSA) is 168 Å². The number of carbonyl (C=O) groups excluding carboxylic acids is 3. The number of hydrogen-bond donors (Lipinski definition) is 1. The third-order valence-corrected chi connectivity index (χ3v) is 9.04. The molecule has 13 nitrogen and oxygen atoms in total. The Balaban J connectivity index is 1.29. The minimum atomic E-state index is -1.63. The van der Waals surface area contributed by atoms with Crippen molar-refractivity contribution in [2.75, 3.05) is 4.90 Å². The summed E-state index contributed by atoms with van der Waals surface area (Å²) >= 11 is 0. The van der Waals surface area contributed by atoms with Gasteiger partial charge in [0.15, 0.2) is 11.5 Å². The van der Waals surface area contributed by atoms with Crippen molar-refractivity contribution >= 4 is 34.5 Å². The van der Waals surface area contributed by atoms with Gasteiger partial charge < -0.3 is 15.2 Å². The normalized spacial score (nSPS) is 17.8. The molecule has 248 valence electrons.